The molecule has 6 rings (SSSR count). The Balaban J connectivity index is 1.44. The third kappa shape index (κ3) is 2.92. The molecule has 4 aliphatic rings. The number of amides is 4. The summed E-state index contributed by atoms with van der Waals surface area (Å²) in [6.07, 6.45) is -0.173. The summed E-state index contributed by atoms with van der Waals surface area (Å²) >= 11 is 0. The number of imide groups is 1. The highest BCUT2D eigenvalue weighted by Crippen LogP contribution is 2.54. The molecule has 0 radical (unpaired) electrons. The third-order valence-electron chi connectivity index (χ3n) is 7.46. The Morgan fingerprint density at radius 1 is 1.11 bits per heavy atom. The third-order valence-corrected chi connectivity index (χ3v) is 7.46. The fourth-order valence-electron chi connectivity index (χ4n) is 6.09. The van der Waals surface area contributed by atoms with E-state index in [0.717, 1.165) is 11.1 Å². The fraction of sp³-hybridized carbons (Fsp3) is 0.360. The highest BCUT2D eigenvalue weighted by molar-refractivity contribution is 6.15. The number of anilines is 1. The van der Waals surface area contributed by atoms with Gasteiger partial charge in [0.15, 0.2) is 11.5 Å². The van der Waals surface area contributed by atoms with Crippen LogP contribution in [0.15, 0.2) is 30.3 Å². The lowest BCUT2D eigenvalue weighted by molar-refractivity contribution is -0.143. The number of fused-ring (bicyclic) bond motifs is 5. The normalized spacial score (nSPS) is 28.0. The zero-order chi connectivity index (χ0) is 24.6. The van der Waals surface area contributed by atoms with Crippen molar-refractivity contribution in [3.8, 4) is 11.5 Å². The first-order valence-corrected chi connectivity index (χ1v) is 11.4. The second kappa shape index (κ2) is 7.29. The molecule has 0 aliphatic carbocycles. The summed E-state index contributed by atoms with van der Waals surface area (Å²) < 4.78 is 10.8. The topological polar surface area (TPSA) is 140 Å². The number of benzene rings is 2. The maximum absolute atomic E-state index is 13.9. The maximum Gasteiger partial charge on any atom is 0.250 e. The molecule has 4 N–H and O–H groups in total. The van der Waals surface area contributed by atoms with Crippen molar-refractivity contribution in [2.75, 3.05) is 12.1 Å². The van der Waals surface area contributed by atoms with E-state index in [2.05, 4.69) is 10.6 Å². The number of carbonyl (C=O) groups is 4. The van der Waals surface area contributed by atoms with Crippen molar-refractivity contribution in [1.29, 1.82) is 0 Å². The number of likely N-dealkylation sites (tertiary alicyclic amines) is 1. The van der Waals surface area contributed by atoms with Crippen LogP contribution in [0.4, 0.5) is 5.69 Å². The number of rotatable bonds is 4. The van der Waals surface area contributed by atoms with Crippen molar-refractivity contribution in [1.82, 2.24) is 10.2 Å². The van der Waals surface area contributed by atoms with Gasteiger partial charge in [0, 0.05) is 23.7 Å². The van der Waals surface area contributed by atoms with Gasteiger partial charge in [-0.3, -0.25) is 29.4 Å². The van der Waals surface area contributed by atoms with E-state index in [1.165, 1.54) is 4.90 Å². The van der Waals surface area contributed by atoms with Crippen LogP contribution in [0.3, 0.4) is 0 Å². The molecular formula is C25H24N4O6. The van der Waals surface area contributed by atoms with Crippen LogP contribution >= 0.6 is 0 Å². The molecule has 4 aliphatic heterocycles. The number of primary amides is 1. The standard InChI is InChI=1S/C25H24N4O6/c1-11-5-12(2)21-14(6-11)25(24(33)27-21)20-19(15(28-25)8-18(26)30)22(31)29(23(20)32)9-13-3-4-16-17(7-13)35-10-34-16/h3-7,15,19-20,28H,8-10H2,1-2H3,(H2,26,30)(H,27,33)/t15-,19-,20+,25+/m1/s1. The first kappa shape index (κ1) is 21.6. The predicted octanol–water partition coefficient (Wildman–Crippen LogP) is 0.828. The summed E-state index contributed by atoms with van der Waals surface area (Å²) in [5.41, 5.74) is 7.74. The van der Waals surface area contributed by atoms with Gasteiger partial charge in [0.05, 0.1) is 18.4 Å². The molecule has 2 fully saturated rings. The van der Waals surface area contributed by atoms with Crippen LogP contribution in [-0.2, 0) is 31.3 Å². The van der Waals surface area contributed by atoms with Crippen molar-refractivity contribution >= 4 is 29.3 Å². The average Bonchev–Trinajstić information content (AvgIpc) is 3.51. The molecule has 0 unspecified atom stereocenters. The van der Waals surface area contributed by atoms with Gasteiger partial charge >= 0.3 is 0 Å². The Morgan fingerprint density at radius 2 is 1.89 bits per heavy atom. The van der Waals surface area contributed by atoms with Crippen LogP contribution in [0, 0.1) is 25.7 Å². The summed E-state index contributed by atoms with van der Waals surface area (Å²) in [6.45, 7) is 3.92. The zero-order valence-electron chi connectivity index (χ0n) is 19.2. The van der Waals surface area contributed by atoms with Gasteiger partial charge < -0.3 is 20.5 Å². The van der Waals surface area contributed by atoms with Gasteiger partial charge in [-0.05, 0) is 37.1 Å². The largest absolute Gasteiger partial charge is 0.454 e. The number of nitrogens with one attached hydrogen (secondary N) is 2. The van der Waals surface area contributed by atoms with Gasteiger partial charge in [0.1, 0.15) is 5.54 Å². The molecule has 1 spiro atoms. The Hall–Kier alpha value is -3.92. The second-order valence-electron chi connectivity index (χ2n) is 9.64. The minimum atomic E-state index is -1.47. The van der Waals surface area contributed by atoms with Crippen molar-refractivity contribution in [3.05, 3.63) is 52.6 Å². The van der Waals surface area contributed by atoms with Crippen molar-refractivity contribution in [2.24, 2.45) is 17.6 Å². The van der Waals surface area contributed by atoms with Crippen molar-refractivity contribution in [2.45, 2.75) is 38.4 Å². The highest BCUT2D eigenvalue weighted by atomic mass is 16.7. The van der Waals surface area contributed by atoms with E-state index in [9.17, 15) is 19.2 Å². The Labute approximate surface area is 200 Å². The van der Waals surface area contributed by atoms with E-state index in [4.69, 9.17) is 15.2 Å². The minimum Gasteiger partial charge on any atom is -0.454 e. The first-order chi connectivity index (χ1) is 16.7. The van der Waals surface area contributed by atoms with E-state index < -0.39 is 47.0 Å². The number of ether oxygens (including phenoxy) is 2. The Kier molecular flexibility index (Phi) is 4.50. The quantitative estimate of drug-likeness (QED) is 0.555. The Morgan fingerprint density at radius 3 is 2.66 bits per heavy atom. The monoisotopic (exact) mass is 476 g/mol. The Bertz CT molecular complexity index is 1340. The second-order valence-corrected chi connectivity index (χ2v) is 9.64. The molecule has 0 bridgehead atoms. The highest BCUT2D eigenvalue weighted by Gasteiger charge is 2.70. The molecule has 2 aromatic carbocycles. The van der Waals surface area contributed by atoms with Crippen LogP contribution in [-0.4, -0.2) is 41.4 Å². The smallest absolute Gasteiger partial charge is 0.250 e. The van der Waals surface area contributed by atoms with E-state index in [1.807, 2.05) is 26.0 Å². The number of aryl methyl sites for hydroxylation is 2. The summed E-state index contributed by atoms with van der Waals surface area (Å²) in [5, 5.41) is 6.13. The zero-order valence-corrected chi connectivity index (χ0v) is 19.2. The van der Waals surface area contributed by atoms with E-state index in [1.54, 1.807) is 18.2 Å². The molecule has 2 saturated heterocycles. The lowest BCUT2D eigenvalue weighted by atomic mass is 9.76. The molecule has 4 heterocycles. The van der Waals surface area contributed by atoms with Gasteiger partial charge in [0.25, 0.3) is 0 Å². The van der Waals surface area contributed by atoms with Gasteiger partial charge in [-0.25, -0.2) is 0 Å². The molecule has 0 aromatic heterocycles. The van der Waals surface area contributed by atoms with Gasteiger partial charge in [-0.2, -0.15) is 0 Å². The molecule has 2 aromatic rings. The lowest BCUT2D eigenvalue weighted by Crippen LogP contribution is -2.53. The van der Waals surface area contributed by atoms with Crippen LogP contribution in [0.1, 0.15) is 28.7 Å². The van der Waals surface area contributed by atoms with E-state index >= 15 is 0 Å². The summed E-state index contributed by atoms with van der Waals surface area (Å²) in [5.74, 6) is -2.68. The van der Waals surface area contributed by atoms with Gasteiger partial charge in [0.2, 0.25) is 30.4 Å². The van der Waals surface area contributed by atoms with Crippen LogP contribution in [0.25, 0.3) is 0 Å². The fourth-order valence-corrected chi connectivity index (χ4v) is 6.09. The van der Waals surface area contributed by atoms with Crippen LogP contribution in [0.2, 0.25) is 0 Å². The number of hydrogen-bond acceptors (Lipinski definition) is 7. The molecule has 10 nitrogen and oxygen atoms in total. The first-order valence-electron chi connectivity index (χ1n) is 11.4. The van der Waals surface area contributed by atoms with E-state index in [0.29, 0.717) is 28.3 Å². The maximum atomic E-state index is 13.9. The van der Waals surface area contributed by atoms with Gasteiger partial charge in [-0.15, -0.1) is 0 Å². The number of carbonyl (C=O) groups excluding carboxylic acids is 4. The van der Waals surface area contributed by atoms with Crippen molar-refractivity contribution in [3.63, 3.8) is 0 Å². The molecule has 10 heteroatoms. The van der Waals surface area contributed by atoms with Crippen molar-refractivity contribution < 1.29 is 28.7 Å². The number of nitrogens with two attached hydrogens (primary N) is 1. The lowest BCUT2D eigenvalue weighted by Gasteiger charge is -2.29. The molecular weight excluding hydrogens is 452 g/mol. The SMILES string of the molecule is Cc1cc(C)c2c(c1)[C@@]1(N[C@H](CC(N)=O)[C@H]3C(=O)N(Cc4ccc5c(c4)OCO5)C(=O)[C@H]31)C(=O)N2. The minimum absolute atomic E-state index is 0.0159. The average molecular weight is 476 g/mol. The molecule has 4 amide bonds. The number of nitrogens with zero attached hydrogens (tertiary/aromatic N) is 1. The van der Waals surface area contributed by atoms with E-state index in [-0.39, 0.29) is 19.8 Å². The van der Waals surface area contributed by atoms with Crippen LogP contribution in [0.5, 0.6) is 11.5 Å². The molecule has 180 valence electrons. The van der Waals surface area contributed by atoms with Gasteiger partial charge in [-0.1, -0.05) is 23.8 Å². The summed E-state index contributed by atoms with van der Waals surface area (Å²) in [7, 11) is 0. The summed E-state index contributed by atoms with van der Waals surface area (Å²) in [6, 6.07) is 8.27. The summed E-state index contributed by atoms with van der Waals surface area (Å²) in [4.78, 5) is 54.1. The molecule has 35 heavy (non-hydrogen) atoms. The number of hydrogen-bond donors (Lipinski definition) is 3. The molecule has 0 saturated carbocycles. The van der Waals surface area contributed by atoms with Crippen LogP contribution < -0.4 is 25.8 Å². The molecule has 4 atom stereocenters. The predicted molar refractivity (Wildman–Crippen MR) is 122 cm³/mol.